The highest BCUT2D eigenvalue weighted by molar-refractivity contribution is 8.00. The fourth-order valence-corrected chi connectivity index (χ4v) is 4.07. The van der Waals surface area contributed by atoms with Crippen molar-refractivity contribution in [1.29, 1.82) is 0 Å². The molecule has 5 nitrogen and oxygen atoms in total. The maximum Gasteiger partial charge on any atom is 0.238 e. The number of rotatable bonds is 7. The number of methoxy groups -OCH3 is 1. The predicted octanol–water partition coefficient (Wildman–Crippen LogP) is 4.86. The second-order valence-corrected chi connectivity index (χ2v) is 7.77. The number of carbonyl (C=O) groups excluding carboxylic acids is 1. The molecule has 0 aliphatic rings. The third-order valence-electron chi connectivity index (χ3n) is 4.62. The van der Waals surface area contributed by atoms with Crippen molar-refractivity contribution in [2.45, 2.75) is 17.0 Å². The molecule has 1 amide bonds. The third kappa shape index (κ3) is 4.63. The van der Waals surface area contributed by atoms with E-state index in [9.17, 15) is 9.18 Å². The molecule has 4 aromatic rings. The van der Waals surface area contributed by atoms with Gasteiger partial charge in [0.25, 0.3) is 0 Å². The summed E-state index contributed by atoms with van der Waals surface area (Å²) in [4.78, 5) is 20.9. The molecule has 0 aliphatic carbocycles. The van der Waals surface area contributed by atoms with Gasteiger partial charge in [-0.15, -0.1) is 0 Å². The standard InChI is InChI=1S/C23H20FN3O2S/c1-29-18-11-12-19-20(13-18)27-23(26-19)30-21(16-5-3-2-4-6-16)22(28)25-14-15-7-9-17(24)10-8-15/h2-13,21H,14H2,1H3,(H,25,28)(H,26,27)/t21-/m0/s1. The minimum Gasteiger partial charge on any atom is -0.497 e. The molecule has 0 unspecified atom stereocenters. The highest BCUT2D eigenvalue weighted by atomic mass is 32.2. The lowest BCUT2D eigenvalue weighted by atomic mass is 10.1. The Morgan fingerprint density at radius 1 is 1.13 bits per heavy atom. The Labute approximate surface area is 177 Å². The number of nitrogens with zero attached hydrogens (tertiary/aromatic N) is 1. The molecule has 2 N–H and O–H groups in total. The van der Waals surface area contributed by atoms with Crippen LogP contribution in [-0.2, 0) is 11.3 Å². The van der Waals surface area contributed by atoms with Crippen molar-refractivity contribution in [2.75, 3.05) is 7.11 Å². The highest BCUT2D eigenvalue weighted by Gasteiger charge is 2.23. The van der Waals surface area contributed by atoms with Gasteiger partial charge in [0.1, 0.15) is 16.8 Å². The van der Waals surface area contributed by atoms with Crippen molar-refractivity contribution >= 4 is 28.7 Å². The van der Waals surface area contributed by atoms with E-state index in [4.69, 9.17) is 4.74 Å². The number of ether oxygens (including phenoxy) is 1. The molecule has 0 fully saturated rings. The van der Waals surface area contributed by atoms with E-state index < -0.39 is 5.25 Å². The lowest BCUT2D eigenvalue weighted by Gasteiger charge is -2.16. The molecule has 0 radical (unpaired) electrons. The van der Waals surface area contributed by atoms with Crippen LogP contribution in [0.1, 0.15) is 16.4 Å². The maximum absolute atomic E-state index is 13.1. The molecule has 0 saturated carbocycles. The molecule has 30 heavy (non-hydrogen) atoms. The van der Waals surface area contributed by atoms with Crippen LogP contribution in [0.2, 0.25) is 0 Å². The quantitative estimate of drug-likeness (QED) is 0.418. The molecular formula is C23H20FN3O2S. The Morgan fingerprint density at radius 2 is 1.90 bits per heavy atom. The van der Waals surface area contributed by atoms with Gasteiger partial charge in [-0.3, -0.25) is 4.79 Å². The van der Waals surface area contributed by atoms with E-state index in [2.05, 4.69) is 15.3 Å². The van der Waals surface area contributed by atoms with Gasteiger partial charge in [-0.2, -0.15) is 0 Å². The number of hydrogen-bond acceptors (Lipinski definition) is 4. The lowest BCUT2D eigenvalue weighted by molar-refractivity contribution is -0.120. The maximum atomic E-state index is 13.1. The normalized spacial score (nSPS) is 11.9. The number of H-pyrrole nitrogens is 1. The molecule has 7 heteroatoms. The summed E-state index contributed by atoms with van der Waals surface area (Å²) in [6.45, 7) is 0.320. The summed E-state index contributed by atoms with van der Waals surface area (Å²) in [6.07, 6.45) is 0. The van der Waals surface area contributed by atoms with Crippen LogP contribution in [-0.4, -0.2) is 23.0 Å². The minimum absolute atomic E-state index is 0.145. The van der Waals surface area contributed by atoms with Crippen molar-refractivity contribution in [1.82, 2.24) is 15.3 Å². The molecule has 4 rings (SSSR count). The first-order chi connectivity index (χ1) is 14.6. The van der Waals surface area contributed by atoms with Crippen LogP contribution in [0.25, 0.3) is 11.0 Å². The van der Waals surface area contributed by atoms with E-state index in [-0.39, 0.29) is 11.7 Å². The van der Waals surface area contributed by atoms with Gasteiger partial charge < -0.3 is 15.0 Å². The average Bonchev–Trinajstić information content (AvgIpc) is 3.19. The topological polar surface area (TPSA) is 67.0 Å². The number of benzene rings is 3. The molecule has 0 spiro atoms. The second-order valence-electron chi connectivity index (χ2n) is 6.68. The van der Waals surface area contributed by atoms with Crippen molar-refractivity contribution in [2.24, 2.45) is 0 Å². The first-order valence-corrected chi connectivity index (χ1v) is 10.3. The zero-order valence-corrected chi connectivity index (χ0v) is 17.1. The molecule has 1 atom stereocenters. The highest BCUT2D eigenvalue weighted by Crippen LogP contribution is 2.35. The summed E-state index contributed by atoms with van der Waals surface area (Å²) in [6, 6.07) is 21.2. The summed E-state index contributed by atoms with van der Waals surface area (Å²) in [5.74, 6) is 0.289. The molecule has 0 saturated heterocycles. The number of imidazole rings is 1. The van der Waals surface area contributed by atoms with Gasteiger partial charge in [0, 0.05) is 12.6 Å². The largest absolute Gasteiger partial charge is 0.497 e. The Hall–Kier alpha value is -3.32. The summed E-state index contributed by atoms with van der Waals surface area (Å²) >= 11 is 1.35. The van der Waals surface area contributed by atoms with Crippen LogP contribution in [0.3, 0.4) is 0 Å². The molecule has 3 aromatic carbocycles. The zero-order valence-electron chi connectivity index (χ0n) is 16.3. The number of amides is 1. The van der Waals surface area contributed by atoms with E-state index in [1.54, 1.807) is 19.2 Å². The Morgan fingerprint density at radius 3 is 2.63 bits per heavy atom. The minimum atomic E-state index is -0.492. The van der Waals surface area contributed by atoms with Crippen LogP contribution in [0.5, 0.6) is 5.75 Å². The molecular weight excluding hydrogens is 401 g/mol. The summed E-state index contributed by atoms with van der Waals surface area (Å²) in [7, 11) is 1.62. The average molecular weight is 421 g/mol. The van der Waals surface area contributed by atoms with Gasteiger partial charge >= 0.3 is 0 Å². The van der Waals surface area contributed by atoms with Crippen LogP contribution in [0.15, 0.2) is 78.0 Å². The van der Waals surface area contributed by atoms with Gasteiger partial charge in [0.2, 0.25) is 5.91 Å². The van der Waals surface area contributed by atoms with Crippen molar-refractivity contribution in [3.05, 3.63) is 89.7 Å². The number of halogens is 1. The van der Waals surface area contributed by atoms with Gasteiger partial charge in [0.05, 0.1) is 18.1 Å². The summed E-state index contributed by atoms with van der Waals surface area (Å²) < 4.78 is 18.4. The number of fused-ring (bicyclic) bond motifs is 1. The smallest absolute Gasteiger partial charge is 0.238 e. The van der Waals surface area contributed by atoms with Crippen molar-refractivity contribution in [3.8, 4) is 5.75 Å². The fourth-order valence-electron chi connectivity index (χ4n) is 3.04. The van der Waals surface area contributed by atoms with Crippen LogP contribution >= 0.6 is 11.8 Å². The molecule has 0 aliphatic heterocycles. The molecule has 0 bridgehead atoms. The van der Waals surface area contributed by atoms with Crippen molar-refractivity contribution < 1.29 is 13.9 Å². The Bertz CT molecular complexity index is 1150. The zero-order chi connectivity index (χ0) is 20.9. The van der Waals surface area contributed by atoms with E-state index in [1.807, 2.05) is 48.5 Å². The summed E-state index contributed by atoms with van der Waals surface area (Å²) in [5.41, 5.74) is 3.35. The van der Waals surface area contributed by atoms with Gasteiger partial charge in [0.15, 0.2) is 5.16 Å². The first kappa shape index (κ1) is 20.0. The van der Waals surface area contributed by atoms with Gasteiger partial charge in [-0.05, 0) is 35.4 Å². The van der Waals surface area contributed by atoms with Crippen molar-refractivity contribution in [3.63, 3.8) is 0 Å². The molecule has 1 aromatic heterocycles. The van der Waals surface area contributed by atoms with E-state index in [0.717, 1.165) is 27.9 Å². The lowest BCUT2D eigenvalue weighted by Crippen LogP contribution is -2.27. The monoisotopic (exact) mass is 421 g/mol. The predicted molar refractivity (Wildman–Crippen MR) is 116 cm³/mol. The third-order valence-corrected chi connectivity index (χ3v) is 5.76. The number of nitrogens with one attached hydrogen (secondary N) is 2. The van der Waals surface area contributed by atoms with E-state index in [1.165, 1.54) is 23.9 Å². The van der Waals surface area contributed by atoms with Crippen LogP contribution < -0.4 is 10.1 Å². The van der Waals surface area contributed by atoms with E-state index in [0.29, 0.717) is 11.7 Å². The molecule has 1 heterocycles. The number of hydrogen-bond donors (Lipinski definition) is 2. The Balaban J connectivity index is 1.55. The van der Waals surface area contributed by atoms with Crippen LogP contribution in [0.4, 0.5) is 4.39 Å². The summed E-state index contributed by atoms with van der Waals surface area (Å²) in [5, 5.41) is 3.10. The second kappa shape index (κ2) is 9.00. The number of aromatic amines is 1. The molecule has 152 valence electrons. The number of carbonyl (C=O) groups is 1. The van der Waals surface area contributed by atoms with E-state index >= 15 is 0 Å². The Kier molecular flexibility index (Phi) is 5.99. The van der Waals surface area contributed by atoms with Gasteiger partial charge in [-0.1, -0.05) is 54.2 Å². The van der Waals surface area contributed by atoms with Crippen LogP contribution in [0, 0.1) is 5.82 Å². The SMILES string of the molecule is COc1ccc2nc(S[C@H](C(=O)NCc3ccc(F)cc3)c3ccccc3)[nH]c2c1. The van der Waals surface area contributed by atoms with Gasteiger partial charge in [-0.25, -0.2) is 9.37 Å². The number of aromatic nitrogens is 2. The first-order valence-electron chi connectivity index (χ1n) is 9.40. The fraction of sp³-hybridized carbons (Fsp3) is 0.130. The number of thioether (sulfide) groups is 1.